The van der Waals surface area contributed by atoms with Gasteiger partial charge < -0.3 is 9.84 Å². The molecule has 1 N–H and O–H groups in total. The molecule has 0 radical (unpaired) electrons. The van der Waals surface area contributed by atoms with Gasteiger partial charge in [-0.05, 0) is 11.5 Å². The zero-order chi connectivity index (χ0) is 13.2. The fourth-order valence-electron chi connectivity index (χ4n) is 1.73. The Kier molecular flexibility index (Phi) is 2.89. The van der Waals surface area contributed by atoms with Crippen molar-refractivity contribution >= 4 is 34.0 Å². The molecule has 2 aromatic heterocycles. The summed E-state index contributed by atoms with van der Waals surface area (Å²) >= 11 is 6.07. The molecule has 0 bridgehead atoms. The Hall–Kier alpha value is -2.40. The van der Waals surface area contributed by atoms with Gasteiger partial charge in [0.15, 0.2) is 0 Å². The highest BCUT2D eigenvalue weighted by atomic mass is 35.5. The summed E-state index contributed by atoms with van der Waals surface area (Å²) in [6, 6.07) is 9.16. The van der Waals surface area contributed by atoms with Gasteiger partial charge in [-0.3, -0.25) is 4.79 Å². The number of hydrogen-bond donors (Lipinski definition) is 1. The molecule has 0 aliphatic carbocycles. The van der Waals surface area contributed by atoms with Crippen LogP contribution < -0.4 is 5.32 Å². The number of pyridine rings is 1. The van der Waals surface area contributed by atoms with E-state index in [4.69, 9.17) is 11.6 Å². The lowest BCUT2D eigenvalue weighted by Gasteiger charge is -2.04. The van der Waals surface area contributed by atoms with Gasteiger partial charge in [0, 0.05) is 5.39 Å². The number of anilines is 1. The number of rotatable bonds is 2. The third-order valence-corrected chi connectivity index (χ3v) is 2.90. The first kappa shape index (κ1) is 11.7. The quantitative estimate of drug-likeness (QED) is 0.728. The van der Waals surface area contributed by atoms with Gasteiger partial charge in [0.2, 0.25) is 0 Å². The molecule has 3 rings (SSSR count). The van der Waals surface area contributed by atoms with Gasteiger partial charge in [0.25, 0.3) is 5.91 Å². The van der Waals surface area contributed by atoms with Crippen LogP contribution in [-0.2, 0) is 0 Å². The molecule has 0 atom stereocenters. The minimum absolute atomic E-state index is 0.241. The number of carbonyl (C=O) groups excluding carboxylic acids is 1. The molecule has 2 heterocycles. The molecule has 6 heteroatoms. The fourth-order valence-corrected chi connectivity index (χ4v) is 2.00. The minimum atomic E-state index is -0.365. The van der Waals surface area contributed by atoms with Crippen LogP contribution in [0.3, 0.4) is 0 Å². The lowest BCUT2D eigenvalue weighted by Crippen LogP contribution is -2.13. The van der Waals surface area contributed by atoms with Gasteiger partial charge in [-0.1, -0.05) is 41.0 Å². The standard InChI is InChI=1S/C13H8ClN3O2/c14-12-10-4-2-1-3-8(10)5-11(17-12)13(18)16-9-6-15-19-7-9/h1-7H,(H,16,18). The summed E-state index contributed by atoms with van der Waals surface area (Å²) in [6.45, 7) is 0. The van der Waals surface area contributed by atoms with E-state index in [0.717, 1.165) is 10.8 Å². The SMILES string of the molecule is O=C(Nc1cnoc1)c1cc2ccccc2c(Cl)n1. The van der Waals surface area contributed by atoms with E-state index in [1.54, 1.807) is 6.07 Å². The molecule has 3 aromatic rings. The van der Waals surface area contributed by atoms with Crippen molar-refractivity contribution in [2.24, 2.45) is 0 Å². The van der Waals surface area contributed by atoms with Crippen LogP contribution >= 0.6 is 11.6 Å². The molecular formula is C13H8ClN3O2. The van der Waals surface area contributed by atoms with Crippen LogP contribution in [-0.4, -0.2) is 16.0 Å². The summed E-state index contributed by atoms with van der Waals surface area (Å²) in [6.07, 6.45) is 2.74. The second kappa shape index (κ2) is 4.70. The molecule has 19 heavy (non-hydrogen) atoms. The second-order valence-corrected chi connectivity index (χ2v) is 4.24. The van der Waals surface area contributed by atoms with Crippen LogP contribution in [0.25, 0.3) is 10.8 Å². The Labute approximate surface area is 113 Å². The van der Waals surface area contributed by atoms with Crippen LogP contribution in [0.5, 0.6) is 0 Å². The molecule has 0 saturated carbocycles. The van der Waals surface area contributed by atoms with Crippen molar-refractivity contribution in [1.29, 1.82) is 0 Å². The molecule has 0 saturated heterocycles. The maximum absolute atomic E-state index is 12.0. The summed E-state index contributed by atoms with van der Waals surface area (Å²) in [5.41, 5.74) is 0.709. The average molecular weight is 274 g/mol. The first-order chi connectivity index (χ1) is 9.24. The maximum atomic E-state index is 12.0. The predicted molar refractivity (Wildman–Crippen MR) is 71.2 cm³/mol. The Bertz CT molecular complexity index is 741. The van der Waals surface area contributed by atoms with Gasteiger partial charge in [-0.25, -0.2) is 4.98 Å². The van der Waals surface area contributed by atoms with Crippen LogP contribution in [0.15, 0.2) is 47.3 Å². The summed E-state index contributed by atoms with van der Waals surface area (Å²) in [5, 5.41) is 8.08. The normalized spacial score (nSPS) is 10.6. The fraction of sp³-hybridized carbons (Fsp3) is 0. The van der Waals surface area contributed by atoms with Crippen LogP contribution in [0.4, 0.5) is 5.69 Å². The van der Waals surface area contributed by atoms with Crippen molar-refractivity contribution in [3.63, 3.8) is 0 Å². The monoisotopic (exact) mass is 273 g/mol. The van der Waals surface area contributed by atoms with Crippen molar-refractivity contribution in [2.75, 3.05) is 5.32 Å². The summed E-state index contributed by atoms with van der Waals surface area (Å²) in [7, 11) is 0. The van der Waals surface area contributed by atoms with E-state index in [1.165, 1.54) is 12.5 Å². The molecule has 0 aliphatic rings. The number of benzene rings is 1. The number of amides is 1. The van der Waals surface area contributed by atoms with E-state index >= 15 is 0 Å². The molecule has 0 aliphatic heterocycles. The summed E-state index contributed by atoms with van der Waals surface area (Å²) < 4.78 is 4.63. The molecular weight excluding hydrogens is 266 g/mol. The van der Waals surface area contributed by atoms with E-state index < -0.39 is 0 Å². The number of halogens is 1. The number of nitrogens with zero attached hydrogens (tertiary/aromatic N) is 2. The van der Waals surface area contributed by atoms with Gasteiger partial charge >= 0.3 is 0 Å². The Morgan fingerprint density at radius 2 is 2.16 bits per heavy atom. The average Bonchev–Trinajstić information content (AvgIpc) is 2.91. The van der Waals surface area contributed by atoms with E-state index in [0.29, 0.717) is 10.8 Å². The number of fused-ring (bicyclic) bond motifs is 1. The van der Waals surface area contributed by atoms with Gasteiger partial charge in [0.05, 0.1) is 6.20 Å². The smallest absolute Gasteiger partial charge is 0.274 e. The molecule has 1 aromatic carbocycles. The molecule has 5 nitrogen and oxygen atoms in total. The lowest BCUT2D eigenvalue weighted by molar-refractivity contribution is 0.102. The third-order valence-electron chi connectivity index (χ3n) is 2.62. The van der Waals surface area contributed by atoms with E-state index in [9.17, 15) is 4.79 Å². The van der Waals surface area contributed by atoms with Crippen molar-refractivity contribution < 1.29 is 9.32 Å². The van der Waals surface area contributed by atoms with Crippen LogP contribution in [0, 0.1) is 0 Å². The highest BCUT2D eigenvalue weighted by Gasteiger charge is 2.12. The third kappa shape index (κ3) is 2.28. The predicted octanol–water partition coefficient (Wildman–Crippen LogP) is 3.13. The van der Waals surface area contributed by atoms with Crippen molar-refractivity contribution in [3.8, 4) is 0 Å². The topological polar surface area (TPSA) is 68.0 Å². The number of aromatic nitrogens is 2. The molecule has 94 valence electrons. The first-order valence-electron chi connectivity index (χ1n) is 5.50. The first-order valence-corrected chi connectivity index (χ1v) is 5.88. The van der Waals surface area contributed by atoms with E-state index in [1.807, 2.05) is 24.3 Å². The number of nitrogens with one attached hydrogen (secondary N) is 1. The largest absolute Gasteiger partial charge is 0.363 e. The van der Waals surface area contributed by atoms with Crippen molar-refractivity contribution in [1.82, 2.24) is 10.1 Å². The van der Waals surface area contributed by atoms with Crippen molar-refractivity contribution in [3.05, 3.63) is 53.6 Å². The summed E-state index contributed by atoms with van der Waals surface area (Å²) in [4.78, 5) is 16.1. The van der Waals surface area contributed by atoms with Crippen LogP contribution in [0.1, 0.15) is 10.5 Å². The highest BCUT2D eigenvalue weighted by Crippen LogP contribution is 2.22. The number of hydrogen-bond acceptors (Lipinski definition) is 4. The van der Waals surface area contributed by atoms with Gasteiger partial charge in [0.1, 0.15) is 22.8 Å². The Morgan fingerprint density at radius 3 is 2.95 bits per heavy atom. The van der Waals surface area contributed by atoms with Crippen LogP contribution in [0.2, 0.25) is 5.15 Å². The van der Waals surface area contributed by atoms with Crippen molar-refractivity contribution in [2.45, 2.75) is 0 Å². The molecule has 0 spiro atoms. The maximum Gasteiger partial charge on any atom is 0.274 e. The molecule has 0 unspecified atom stereocenters. The zero-order valence-electron chi connectivity index (χ0n) is 9.63. The number of carbonyl (C=O) groups is 1. The van der Waals surface area contributed by atoms with Gasteiger partial charge in [-0.2, -0.15) is 0 Å². The molecule has 1 amide bonds. The Morgan fingerprint density at radius 1 is 1.32 bits per heavy atom. The minimum Gasteiger partial charge on any atom is -0.363 e. The highest BCUT2D eigenvalue weighted by molar-refractivity contribution is 6.34. The zero-order valence-corrected chi connectivity index (χ0v) is 10.4. The lowest BCUT2D eigenvalue weighted by atomic mass is 10.1. The summed E-state index contributed by atoms with van der Waals surface area (Å²) in [5.74, 6) is -0.365. The molecule has 0 fully saturated rings. The second-order valence-electron chi connectivity index (χ2n) is 3.89. The van der Waals surface area contributed by atoms with E-state index in [2.05, 4.69) is 20.0 Å². The van der Waals surface area contributed by atoms with E-state index in [-0.39, 0.29) is 11.6 Å². The van der Waals surface area contributed by atoms with Gasteiger partial charge in [-0.15, -0.1) is 0 Å². The Balaban J connectivity index is 1.98.